The fourth-order valence-corrected chi connectivity index (χ4v) is 1.50. The normalized spacial score (nSPS) is 13.4. The van der Waals surface area contributed by atoms with Gasteiger partial charge in [0.1, 0.15) is 0 Å². The molecule has 0 saturated heterocycles. The molecular formula is C12H27N. The number of hydrogen-bond donors (Lipinski definition) is 1. The van der Waals surface area contributed by atoms with Crippen LogP contribution in [0.3, 0.4) is 0 Å². The number of nitrogens with one attached hydrogen (secondary N) is 1. The van der Waals surface area contributed by atoms with Gasteiger partial charge in [0, 0.05) is 12.6 Å². The zero-order valence-electron chi connectivity index (χ0n) is 10.4. The summed E-state index contributed by atoms with van der Waals surface area (Å²) in [6.07, 6.45) is 0. The number of rotatable bonds is 5. The van der Waals surface area contributed by atoms with Crippen LogP contribution in [0, 0.1) is 17.3 Å². The predicted octanol–water partition coefficient (Wildman–Crippen LogP) is 3.30. The van der Waals surface area contributed by atoms with E-state index in [4.69, 9.17) is 0 Å². The van der Waals surface area contributed by atoms with Crippen LogP contribution in [0.2, 0.25) is 0 Å². The first-order valence-corrected chi connectivity index (χ1v) is 5.54. The van der Waals surface area contributed by atoms with Crippen LogP contribution < -0.4 is 5.32 Å². The SMILES string of the molecule is CC(C)NCC(C)(C(C)C)C(C)C. The summed E-state index contributed by atoms with van der Waals surface area (Å²) in [6.45, 7) is 17.2. The summed E-state index contributed by atoms with van der Waals surface area (Å²) in [6, 6.07) is 0.594. The molecule has 0 radical (unpaired) electrons. The van der Waals surface area contributed by atoms with E-state index in [-0.39, 0.29) is 0 Å². The molecule has 0 rings (SSSR count). The molecule has 13 heavy (non-hydrogen) atoms. The highest BCUT2D eigenvalue weighted by Crippen LogP contribution is 2.34. The van der Waals surface area contributed by atoms with E-state index in [1.807, 2.05) is 0 Å². The third-order valence-corrected chi connectivity index (χ3v) is 3.53. The van der Waals surface area contributed by atoms with E-state index in [1.54, 1.807) is 0 Å². The van der Waals surface area contributed by atoms with E-state index in [0.29, 0.717) is 11.5 Å². The molecule has 0 atom stereocenters. The van der Waals surface area contributed by atoms with Crippen molar-refractivity contribution in [1.29, 1.82) is 0 Å². The standard InChI is InChI=1S/C12H27N/c1-9(2)12(7,10(3)4)8-13-11(5)6/h9-11,13H,8H2,1-7H3. The average Bonchev–Trinajstić information content (AvgIpc) is 1.99. The molecular weight excluding hydrogens is 158 g/mol. The minimum Gasteiger partial charge on any atom is -0.314 e. The van der Waals surface area contributed by atoms with Gasteiger partial charge in [0.2, 0.25) is 0 Å². The lowest BCUT2D eigenvalue weighted by atomic mass is 9.70. The molecule has 0 aromatic rings. The molecule has 0 aliphatic heterocycles. The molecule has 0 aromatic heterocycles. The summed E-state index contributed by atoms with van der Waals surface area (Å²) in [5.74, 6) is 1.47. The first-order chi connectivity index (χ1) is 5.80. The minimum atomic E-state index is 0.421. The van der Waals surface area contributed by atoms with Gasteiger partial charge in [-0.15, -0.1) is 0 Å². The van der Waals surface area contributed by atoms with Crippen molar-refractivity contribution in [1.82, 2.24) is 5.32 Å². The highest BCUT2D eigenvalue weighted by molar-refractivity contribution is 4.83. The molecule has 0 bridgehead atoms. The van der Waals surface area contributed by atoms with Crippen LogP contribution in [0.25, 0.3) is 0 Å². The van der Waals surface area contributed by atoms with Gasteiger partial charge in [-0.3, -0.25) is 0 Å². The Morgan fingerprint density at radius 1 is 0.923 bits per heavy atom. The van der Waals surface area contributed by atoms with Gasteiger partial charge in [-0.2, -0.15) is 0 Å². The third-order valence-electron chi connectivity index (χ3n) is 3.53. The maximum atomic E-state index is 3.55. The Morgan fingerprint density at radius 3 is 1.54 bits per heavy atom. The van der Waals surface area contributed by atoms with Crippen LogP contribution in [0.1, 0.15) is 48.5 Å². The summed E-state index contributed by atoms with van der Waals surface area (Å²) in [5, 5.41) is 3.55. The van der Waals surface area contributed by atoms with Crippen molar-refractivity contribution >= 4 is 0 Å². The highest BCUT2D eigenvalue weighted by Gasteiger charge is 2.31. The summed E-state index contributed by atoms with van der Waals surface area (Å²) in [5.41, 5.74) is 0.421. The smallest absolute Gasteiger partial charge is 0.00124 e. The Bertz CT molecular complexity index is 128. The predicted molar refractivity (Wildman–Crippen MR) is 60.9 cm³/mol. The van der Waals surface area contributed by atoms with Crippen molar-refractivity contribution in [2.24, 2.45) is 17.3 Å². The van der Waals surface area contributed by atoms with Gasteiger partial charge in [0.25, 0.3) is 0 Å². The number of hydrogen-bond acceptors (Lipinski definition) is 1. The molecule has 1 N–H and O–H groups in total. The van der Waals surface area contributed by atoms with Gasteiger partial charge >= 0.3 is 0 Å². The maximum absolute atomic E-state index is 3.55. The topological polar surface area (TPSA) is 12.0 Å². The minimum absolute atomic E-state index is 0.421. The molecule has 80 valence electrons. The molecule has 0 aromatic carbocycles. The van der Waals surface area contributed by atoms with Crippen molar-refractivity contribution in [3.63, 3.8) is 0 Å². The van der Waals surface area contributed by atoms with E-state index in [2.05, 4.69) is 53.8 Å². The molecule has 1 heteroatoms. The van der Waals surface area contributed by atoms with Crippen LogP contribution >= 0.6 is 0 Å². The van der Waals surface area contributed by atoms with Crippen molar-refractivity contribution in [3.8, 4) is 0 Å². The van der Waals surface area contributed by atoms with Crippen LogP contribution in [0.4, 0.5) is 0 Å². The third kappa shape index (κ3) is 3.68. The zero-order valence-corrected chi connectivity index (χ0v) is 10.4. The van der Waals surface area contributed by atoms with Crippen molar-refractivity contribution in [3.05, 3.63) is 0 Å². The van der Waals surface area contributed by atoms with Crippen LogP contribution in [-0.4, -0.2) is 12.6 Å². The first kappa shape index (κ1) is 13.0. The molecule has 0 unspecified atom stereocenters. The molecule has 1 nitrogen and oxygen atoms in total. The molecule has 0 heterocycles. The lowest BCUT2D eigenvalue weighted by Crippen LogP contribution is -2.42. The van der Waals surface area contributed by atoms with Crippen LogP contribution in [0.15, 0.2) is 0 Å². The summed E-state index contributed by atoms with van der Waals surface area (Å²) < 4.78 is 0. The second-order valence-corrected chi connectivity index (χ2v) is 5.35. The van der Waals surface area contributed by atoms with E-state index in [9.17, 15) is 0 Å². The molecule has 0 aliphatic carbocycles. The van der Waals surface area contributed by atoms with Crippen molar-refractivity contribution in [2.45, 2.75) is 54.5 Å². The monoisotopic (exact) mass is 185 g/mol. The van der Waals surface area contributed by atoms with E-state index >= 15 is 0 Å². The molecule has 0 spiro atoms. The Balaban J connectivity index is 4.25. The quantitative estimate of drug-likeness (QED) is 0.693. The summed E-state index contributed by atoms with van der Waals surface area (Å²) in [4.78, 5) is 0. The first-order valence-electron chi connectivity index (χ1n) is 5.54. The molecule has 0 fully saturated rings. The summed E-state index contributed by atoms with van der Waals surface area (Å²) >= 11 is 0. The maximum Gasteiger partial charge on any atom is 0.00124 e. The lowest BCUT2D eigenvalue weighted by Gasteiger charge is -2.38. The van der Waals surface area contributed by atoms with Crippen LogP contribution in [-0.2, 0) is 0 Å². The Labute approximate surface area is 84.3 Å². The van der Waals surface area contributed by atoms with Gasteiger partial charge in [-0.05, 0) is 17.3 Å². The Kier molecular flexibility index (Phi) is 4.98. The Morgan fingerprint density at radius 2 is 1.31 bits per heavy atom. The lowest BCUT2D eigenvalue weighted by molar-refractivity contribution is 0.131. The Hall–Kier alpha value is -0.0400. The molecule has 0 saturated carbocycles. The molecule has 0 aliphatic rings. The van der Waals surface area contributed by atoms with Crippen LogP contribution in [0.5, 0.6) is 0 Å². The van der Waals surface area contributed by atoms with Crippen molar-refractivity contribution in [2.75, 3.05) is 6.54 Å². The second kappa shape index (κ2) is 4.99. The summed E-state index contributed by atoms with van der Waals surface area (Å²) in [7, 11) is 0. The van der Waals surface area contributed by atoms with E-state index < -0.39 is 0 Å². The molecule has 0 amide bonds. The average molecular weight is 185 g/mol. The van der Waals surface area contributed by atoms with Gasteiger partial charge < -0.3 is 5.32 Å². The fourth-order valence-electron chi connectivity index (χ4n) is 1.50. The van der Waals surface area contributed by atoms with Gasteiger partial charge in [-0.25, -0.2) is 0 Å². The van der Waals surface area contributed by atoms with Crippen molar-refractivity contribution < 1.29 is 0 Å². The highest BCUT2D eigenvalue weighted by atomic mass is 14.9. The van der Waals surface area contributed by atoms with E-state index in [1.165, 1.54) is 0 Å². The second-order valence-electron chi connectivity index (χ2n) is 5.35. The van der Waals surface area contributed by atoms with E-state index in [0.717, 1.165) is 18.4 Å². The van der Waals surface area contributed by atoms with Gasteiger partial charge in [0.05, 0.1) is 0 Å². The zero-order chi connectivity index (χ0) is 10.6. The van der Waals surface area contributed by atoms with Gasteiger partial charge in [0.15, 0.2) is 0 Å². The fraction of sp³-hybridized carbons (Fsp3) is 1.00. The van der Waals surface area contributed by atoms with Gasteiger partial charge in [-0.1, -0.05) is 48.5 Å². The largest absolute Gasteiger partial charge is 0.314 e.